The van der Waals surface area contributed by atoms with Crippen molar-refractivity contribution in [1.29, 1.82) is 0 Å². The summed E-state index contributed by atoms with van der Waals surface area (Å²) >= 11 is 0. The van der Waals surface area contributed by atoms with Crippen molar-refractivity contribution < 1.29 is 14.3 Å². The van der Waals surface area contributed by atoms with Crippen molar-refractivity contribution in [2.75, 3.05) is 11.9 Å². The summed E-state index contributed by atoms with van der Waals surface area (Å²) in [6, 6.07) is 22.3. The minimum absolute atomic E-state index is 0.147. The van der Waals surface area contributed by atoms with Gasteiger partial charge in [0.25, 0.3) is 11.5 Å². The van der Waals surface area contributed by atoms with E-state index in [1.807, 2.05) is 43.3 Å². The van der Waals surface area contributed by atoms with Crippen LogP contribution in [-0.2, 0) is 11.3 Å². The second-order valence-corrected chi connectivity index (χ2v) is 7.27. The van der Waals surface area contributed by atoms with Gasteiger partial charge in [0, 0.05) is 24.5 Å². The van der Waals surface area contributed by atoms with Crippen LogP contribution in [0.1, 0.15) is 32.1 Å². The standard InChI is InChI=1S/C25H21N3O4/c1-17-9-8-14-22-26-18(15-23(29)28(17)22)16-32-25(31)21-13-7-6-12-20(21)24(30)27(2)19-10-4-3-5-11-19/h3-15H,16H2,1-2H3. The number of amides is 1. The normalized spacial score (nSPS) is 10.7. The SMILES string of the molecule is Cc1cccc2nc(COC(=O)c3ccccc3C(=O)N(C)c3ccccc3)cc(=O)n12. The maximum atomic E-state index is 13.0. The van der Waals surface area contributed by atoms with E-state index in [1.54, 1.807) is 43.4 Å². The number of hydrogen-bond donors (Lipinski definition) is 0. The van der Waals surface area contributed by atoms with Crippen molar-refractivity contribution in [2.45, 2.75) is 13.5 Å². The Balaban J connectivity index is 1.56. The molecule has 2 heterocycles. The van der Waals surface area contributed by atoms with Gasteiger partial charge in [0.05, 0.1) is 16.8 Å². The lowest BCUT2D eigenvalue weighted by Gasteiger charge is -2.18. The fourth-order valence-corrected chi connectivity index (χ4v) is 3.45. The van der Waals surface area contributed by atoms with Crippen LogP contribution in [0, 0.1) is 6.92 Å². The molecular weight excluding hydrogens is 406 g/mol. The van der Waals surface area contributed by atoms with E-state index in [4.69, 9.17) is 4.74 Å². The van der Waals surface area contributed by atoms with Crippen molar-refractivity contribution in [1.82, 2.24) is 9.38 Å². The van der Waals surface area contributed by atoms with Gasteiger partial charge < -0.3 is 9.64 Å². The number of hydrogen-bond acceptors (Lipinski definition) is 5. The number of pyridine rings is 1. The average Bonchev–Trinajstić information content (AvgIpc) is 2.82. The van der Waals surface area contributed by atoms with Gasteiger partial charge in [0.15, 0.2) is 0 Å². The third-order valence-electron chi connectivity index (χ3n) is 5.11. The Bertz CT molecular complexity index is 1360. The zero-order chi connectivity index (χ0) is 22.7. The van der Waals surface area contributed by atoms with E-state index < -0.39 is 5.97 Å². The molecule has 0 aliphatic heterocycles. The number of para-hydroxylation sites is 1. The number of carbonyl (C=O) groups excluding carboxylic acids is 2. The van der Waals surface area contributed by atoms with E-state index in [-0.39, 0.29) is 29.2 Å². The molecule has 7 heteroatoms. The molecule has 0 radical (unpaired) electrons. The van der Waals surface area contributed by atoms with Gasteiger partial charge in [-0.05, 0) is 43.3 Å². The lowest BCUT2D eigenvalue weighted by molar-refractivity contribution is 0.0465. The fraction of sp³-hybridized carbons (Fsp3) is 0.120. The molecule has 2 aromatic heterocycles. The molecule has 7 nitrogen and oxygen atoms in total. The van der Waals surface area contributed by atoms with E-state index in [0.29, 0.717) is 17.0 Å². The Morgan fingerprint density at radius 3 is 2.38 bits per heavy atom. The van der Waals surface area contributed by atoms with Crippen molar-refractivity contribution in [3.8, 4) is 0 Å². The zero-order valence-corrected chi connectivity index (χ0v) is 17.7. The highest BCUT2D eigenvalue weighted by atomic mass is 16.5. The van der Waals surface area contributed by atoms with Gasteiger partial charge in [-0.15, -0.1) is 0 Å². The monoisotopic (exact) mass is 427 g/mol. The van der Waals surface area contributed by atoms with E-state index in [1.165, 1.54) is 15.4 Å². The number of benzene rings is 2. The van der Waals surface area contributed by atoms with Crippen LogP contribution in [0.3, 0.4) is 0 Å². The fourth-order valence-electron chi connectivity index (χ4n) is 3.45. The number of anilines is 1. The highest BCUT2D eigenvalue weighted by molar-refractivity contribution is 6.11. The summed E-state index contributed by atoms with van der Waals surface area (Å²) in [5.41, 5.74) is 2.40. The van der Waals surface area contributed by atoms with Crippen LogP contribution in [0.4, 0.5) is 5.69 Å². The summed E-state index contributed by atoms with van der Waals surface area (Å²) in [5, 5.41) is 0. The van der Waals surface area contributed by atoms with Gasteiger partial charge in [0.1, 0.15) is 12.3 Å². The number of aryl methyl sites for hydroxylation is 1. The quantitative estimate of drug-likeness (QED) is 0.454. The van der Waals surface area contributed by atoms with Crippen molar-refractivity contribution in [2.24, 2.45) is 0 Å². The summed E-state index contributed by atoms with van der Waals surface area (Å²) in [5.74, 6) is -0.997. The molecule has 0 bridgehead atoms. The Labute approximate surface area is 184 Å². The third kappa shape index (κ3) is 4.13. The molecule has 32 heavy (non-hydrogen) atoms. The molecule has 4 aromatic rings. The lowest BCUT2D eigenvalue weighted by Crippen LogP contribution is -2.28. The second-order valence-electron chi connectivity index (χ2n) is 7.27. The molecule has 0 saturated heterocycles. The van der Waals surface area contributed by atoms with Crippen molar-refractivity contribution in [3.05, 3.63) is 112 Å². The molecule has 0 aliphatic rings. The molecule has 160 valence electrons. The largest absolute Gasteiger partial charge is 0.456 e. The molecule has 0 atom stereocenters. The number of carbonyl (C=O) groups is 2. The number of rotatable bonds is 5. The molecule has 0 spiro atoms. The highest BCUT2D eigenvalue weighted by Crippen LogP contribution is 2.18. The second kappa shape index (κ2) is 8.85. The first kappa shape index (κ1) is 21.0. The van der Waals surface area contributed by atoms with Crippen LogP contribution in [0.25, 0.3) is 5.65 Å². The summed E-state index contributed by atoms with van der Waals surface area (Å²) < 4.78 is 6.89. The van der Waals surface area contributed by atoms with Crippen LogP contribution in [-0.4, -0.2) is 28.3 Å². The van der Waals surface area contributed by atoms with Crippen LogP contribution >= 0.6 is 0 Å². The maximum Gasteiger partial charge on any atom is 0.339 e. The minimum atomic E-state index is -0.665. The predicted molar refractivity (Wildman–Crippen MR) is 121 cm³/mol. The van der Waals surface area contributed by atoms with Crippen molar-refractivity contribution in [3.63, 3.8) is 0 Å². The third-order valence-corrected chi connectivity index (χ3v) is 5.11. The molecular formula is C25H21N3O4. The minimum Gasteiger partial charge on any atom is -0.456 e. The summed E-state index contributed by atoms with van der Waals surface area (Å²) in [6.07, 6.45) is 0. The Morgan fingerprint density at radius 1 is 0.938 bits per heavy atom. The van der Waals surface area contributed by atoms with Crippen LogP contribution in [0.2, 0.25) is 0 Å². The first-order chi connectivity index (χ1) is 15.5. The molecule has 0 N–H and O–H groups in total. The molecule has 0 aliphatic carbocycles. The number of ether oxygens (including phenoxy) is 1. The smallest absolute Gasteiger partial charge is 0.339 e. The predicted octanol–water partition coefficient (Wildman–Crippen LogP) is 3.64. The maximum absolute atomic E-state index is 13.0. The number of nitrogens with zero attached hydrogens (tertiary/aromatic N) is 3. The van der Waals surface area contributed by atoms with Gasteiger partial charge >= 0.3 is 5.97 Å². The van der Waals surface area contributed by atoms with Crippen LogP contribution < -0.4 is 10.5 Å². The number of esters is 1. The molecule has 0 saturated carbocycles. The van der Waals surface area contributed by atoms with E-state index in [9.17, 15) is 14.4 Å². The Hall–Kier alpha value is -4.26. The number of aromatic nitrogens is 2. The Morgan fingerprint density at radius 2 is 1.62 bits per heavy atom. The van der Waals surface area contributed by atoms with Crippen LogP contribution in [0.15, 0.2) is 83.7 Å². The van der Waals surface area contributed by atoms with Gasteiger partial charge in [-0.3, -0.25) is 14.0 Å². The van der Waals surface area contributed by atoms with Crippen molar-refractivity contribution >= 4 is 23.2 Å². The van der Waals surface area contributed by atoms with Gasteiger partial charge in [0.2, 0.25) is 0 Å². The topological polar surface area (TPSA) is 81.0 Å². The molecule has 1 amide bonds. The molecule has 0 fully saturated rings. The summed E-state index contributed by atoms with van der Waals surface area (Å²) in [6.45, 7) is 1.63. The first-order valence-corrected chi connectivity index (χ1v) is 10.0. The summed E-state index contributed by atoms with van der Waals surface area (Å²) in [7, 11) is 1.65. The Kier molecular flexibility index (Phi) is 5.81. The highest BCUT2D eigenvalue weighted by Gasteiger charge is 2.21. The molecule has 0 unspecified atom stereocenters. The number of fused-ring (bicyclic) bond motifs is 1. The van der Waals surface area contributed by atoms with E-state index >= 15 is 0 Å². The molecule has 2 aromatic carbocycles. The van der Waals surface area contributed by atoms with Gasteiger partial charge in [-0.25, -0.2) is 9.78 Å². The van der Waals surface area contributed by atoms with Gasteiger partial charge in [-0.1, -0.05) is 36.4 Å². The van der Waals surface area contributed by atoms with E-state index in [0.717, 1.165) is 5.69 Å². The molecule has 4 rings (SSSR count). The van der Waals surface area contributed by atoms with Gasteiger partial charge in [-0.2, -0.15) is 0 Å². The first-order valence-electron chi connectivity index (χ1n) is 10.0. The van der Waals surface area contributed by atoms with Crippen LogP contribution in [0.5, 0.6) is 0 Å². The zero-order valence-electron chi connectivity index (χ0n) is 17.7. The average molecular weight is 427 g/mol. The van der Waals surface area contributed by atoms with E-state index in [2.05, 4.69) is 4.98 Å². The lowest BCUT2D eigenvalue weighted by atomic mass is 10.1. The summed E-state index contributed by atoms with van der Waals surface area (Å²) in [4.78, 5) is 44.1.